The van der Waals surface area contributed by atoms with Gasteiger partial charge >= 0.3 is 0 Å². The molecule has 3 amide bonds. The number of amides is 3. The molecule has 0 saturated carbocycles. The molecule has 9 nitrogen and oxygen atoms in total. The monoisotopic (exact) mass is 460 g/mol. The number of likely N-dealkylation sites (tertiary alicyclic amines) is 1. The summed E-state index contributed by atoms with van der Waals surface area (Å²) >= 11 is 0. The topological polar surface area (TPSA) is 130 Å². The number of hydrogen-bond donors (Lipinski definition) is 2. The number of carbonyl (C=O) groups is 3. The number of benzene rings is 1. The fraction of sp³-hybridized carbons (Fsp3) is 0.591. The first-order chi connectivity index (χ1) is 15.2. The molecule has 4 heterocycles. The molecule has 1 spiro atoms. The van der Waals surface area contributed by atoms with E-state index in [1.807, 2.05) is 18.2 Å². The molecule has 172 valence electrons. The molecular formula is C22H28N4O5S. The Morgan fingerprint density at radius 3 is 2.62 bits per heavy atom. The summed E-state index contributed by atoms with van der Waals surface area (Å²) in [5, 5.41) is 2.32. The van der Waals surface area contributed by atoms with Crippen molar-refractivity contribution in [2.45, 2.75) is 50.9 Å². The summed E-state index contributed by atoms with van der Waals surface area (Å²) in [7, 11) is -2.94. The van der Waals surface area contributed by atoms with Gasteiger partial charge in [0.25, 0.3) is 5.91 Å². The molecule has 3 N–H and O–H groups in total. The van der Waals surface area contributed by atoms with E-state index < -0.39 is 21.8 Å². The Kier molecular flexibility index (Phi) is 5.14. The predicted octanol–water partition coefficient (Wildman–Crippen LogP) is -0.214. The van der Waals surface area contributed by atoms with Crippen LogP contribution in [0.1, 0.15) is 47.2 Å². The lowest BCUT2D eigenvalue weighted by Crippen LogP contribution is -2.52. The Labute approximate surface area is 187 Å². The Morgan fingerprint density at radius 2 is 1.91 bits per heavy atom. The molecule has 1 aromatic rings. The average Bonchev–Trinajstić information content (AvgIpc) is 3.21. The minimum atomic E-state index is -2.94. The van der Waals surface area contributed by atoms with Crippen molar-refractivity contribution in [2.24, 2.45) is 11.1 Å². The number of nitrogens with zero attached hydrogens (tertiary/aromatic N) is 2. The fourth-order valence-electron chi connectivity index (χ4n) is 5.65. The van der Waals surface area contributed by atoms with Gasteiger partial charge in [0.05, 0.1) is 11.5 Å². The third-order valence-corrected chi connectivity index (χ3v) is 9.25. The van der Waals surface area contributed by atoms with Gasteiger partial charge in [-0.3, -0.25) is 24.6 Å². The van der Waals surface area contributed by atoms with Gasteiger partial charge in [0.15, 0.2) is 0 Å². The van der Waals surface area contributed by atoms with Crippen LogP contribution in [-0.2, 0) is 32.5 Å². The highest BCUT2D eigenvalue weighted by Crippen LogP contribution is 2.41. The number of fused-ring (bicyclic) bond motifs is 1. The molecule has 10 heteroatoms. The molecule has 4 aliphatic rings. The normalized spacial score (nSPS) is 29.4. The van der Waals surface area contributed by atoms with Gasteiger partial charge < -0.3 is 10.6 Å². The van der Waals surface area contributed by atoms with E-state index in [1.165, 1.54) is 0 Å². The number of imide groups is 1. The number of nitrogens with two attached hydrogens (primary N) is 1. The molecule has 5 rings (SSSR count). The third kappa shape index (κ3) is 3.74. The molecule has 2 atom stereocenters. The first-order valence-electron chi connectivity index (χ1n) is 11.1. The van der Waals surface area contributed by atoms with Crippen LogP contribution in [0.4, 0.5) is 0 Å². The first kappa shape index (κ1) is 21.5. The smallest absolute Gasteiger partial charge is 0.255 e. The number of carbonyl (C=O) groups excluding carboxylic acids is 3. The predicted molar refractivity (Wildman–Crippen MR) is 116 cm³/mol. The van der Waals surface area contributed by atoms with Gasteiger partial charge in [-0.25, -0.2) is 8.42 Å². The maximum atomic E-state index is 13.0. The molecule has 2 unspecified atom stereocenters. The van der Waals surface area contributed by atoms with Gasteiger partial charge in [-0.15, -0.1) is 0 Å². The summed E-state index contributed by atoms with van der Waals surface area (Å²) in [6.07, 6.45) is 1.80. The summed E-state index contributed by atoms with van der Waals surface area (Å²) in [6.45, 7) is 2.47. The zero-order chi connectivity index (χ0) is 22.7. The van der Waals surface area contributed by atoms with Crippen molar-refractivity contribution in [3.05, 3.63) is 34.9 Å². The summed E-state index contributed by atoms with van der Waals surface area (Å²) in [5.74, 6) is -0.470. The standard InChI is InChI=1S/C22H28N4O5S/c23-18-12-25(13-22(18)5-7-32(30,31)8-6-22)10-14-1-2-15-11-26(21(29)16(15)9-14)17-3-4-19(27)24-20(17)28/h1-2,9,17-18H,3-8,10-13,23H2,(H,24,27,28). The SMILES string of the molecule is NC1CN(Cc2ccc3c(c2)C(=O)N(C2CCC(=O)NC2=O)C3)CC12CCS(=O)(=O)CC2. The van der Waals surface area contributed by atoms with Gasteiger partial charge in [0.1, 0.15) is 15.9 Å². The lowest BCUT2D eigenvalue weighted by atomic mass is 9.78. The highest BCUT2D eigenvalue weighted by molar-refractivity contribution is 7.91. The Balaban J connectivity index is 1.27. The summed E-state index contributed by atoms with van der Waals surface area (Å²) in [5.41, 5.74) is 8.79. The zero-order valence-corrected chi connectivity index (χ0v) is 18.7. The van der Waals surface area contributed by atoms with Crippen LogP contribution in [0.3, 0.4) is 0 Å². The van der Waals surface area contributed by atoms with Crippen LogP contribution >= 0.6 is 0 Å². The van der Waals surface area contributed by atoms with Gasteiger partial charge in [0, 0.05) is 49.6 Å². The van der Waals surface area contributed by atoms with Crippen molar-refractivity contribution in [3.63, 3.8) is 0 Å². The quantitative estimate of drug-likeness (QED) is 0.597. The van der Waals surface area contributed by atoms with Crippen molar-refractivity contribution in [2.75, 3.05) is 24.6 Å². The highest BCUT2D eigenvalue weighted by atomic mass is 32.2. The number of sulfone groups is 1. The van der Waals surface area contributed by atoms with Crippen molar-refractivity contribution >= 4 is 27.6 Å². The van der Waals surface area contributed by atoms with Crippen molar-refractivity contribution in [1.29, 1.82) is 0 Å². The minimum absolute atomic E-state index is 0.0583. The second-order valence-corrected chi connectivity index (χ2v) is 12.0. The molecule has 4 aliphatic heterocycles. The summed E-state index contributed by atoms with van der Waals surface area (Å²) in [4.78, 5) is 40.5. The van der Waals surface area contributed by atoms with Crippen LogP contribution in [0.15, 0.2) is 18.2 Å². The van der Waals surface area contributed by atoms with Crippen LogP contribution < -0.4 is 11.1 Å². The molecule has 3 saturated heterocycles. The average molecular weight is 461 g/mol. The van der Waals surface area contributed by atoms with E-state index in [1.54, 1.807) is 4.90 Å². The van der Waals surface area contributed by atoms with Crippen LogP contribution in [0, 0.1) is 5.41 Å². The Morgan fingerprint density at radius 1 is 1.16 bits per heavy atom. The van der Waals surface area contributed by atoms with Crippen LogP contribution in [0.2, 0.25) is 0 Å². The van der Waals surface area contributed by atoms with Crippen molar-refractivity contribution in [3.8, 4) is 0 Å². The lowest BCUT2D eigenvalue weighted by Gasteiger charge is -2.36. The number of rotatable bonds is 3. The van der Waals surface area contributed by atoms with E-state index in [0.717, 1.165) is 17.7 Å². The maximum Gasteiger partial charge on any atom is 0.255 e. The lowest BCUT2D eigenvalue weighted by molar-refractivity contribution is -0.136. The number of nitrogens with one attached hydrogen (secondary N) is 1. The highest BCUT2D eigenvalue weighted by Gasteiger charge is 2.47. The van der Waals surface area contributed by atoms with Gasteiger partial charge in [-0.1, -0.05) is 12.1 Å². The van der Waals surface area contributed by atoms with E-state index in [0.29, 0.717) is 44.5 Å². The first-order valence-corrected chi connectivity index (χ1v) is 12.9. The van der Waals surface area contributed by atoms with E-state index >= 15 is 0 Å². The second kappa shape index (κ2) is 7.64. The Hall–Kier alpha value is -2.30. The van der Waals surface area contributed by atoms with E-state index in [2.05, 4.69) is 10.2 Å². The number of hydrogen-bond acceptors (Lipinski definition) is 7. The third-order valence-electron chi connectivity index (χ3n) is 7.60. The molecule has 0 radical (unpaired) electrons. The van der Waals surface area contributed by atoms with Gasteiger partial charge in [-0.2, -0.15) is 0 Å². The van der Waals surface area contributed by atoms with Crippen molar-refractivity contribution in [1.82, 2.24) is 15.1 Å². The van der Waals surface area contributed by atoms with Crippen LogP contribution in [-0.4, -0.2) is 72.6 Å². The van der Waals surface area contributed by atoms with Crippen molar-refractivity contribution < 1.29 is 22.8 Å². The van der Waals surface area contributed by atoms with Crippen LogP contribution in [0.5, 0.6) is 0 Å². The molecular weight excluding hydrogens is 432 g/mol. The molecule has 32 heavy (non-hydrogen) atoms. The van der Waals surface area contributed by atoms with Crippen LogP contribution in [0.25, 0.3) is 0 Å². The largest absolute Gasteiger partial charge is 0.326 e. The molecule has 0 aromatic heterocycles. The fourth-order valence-corrected chi connectivity index (χ4v) is 7.29. The van der Waals surface area contributed by atoms with E-state index in [9.17, 15) is 22.8 Å². The number of piperidine rings is 1. The van der Waals surface area contributed by atoms with E-state index in [-0.39, 0.29) is 41.2 Å². The summed E-state index contributed by atoms with van der Waals surface area (Å²) < 4.78 is 23.7. The van der Waals surface area contributed by atoms with E-state index in [4.69, 9.17) is 5.73 Å². The minimum Gasteiger partial charge on any atom is -0.326 e. The summed E-state index contributed by atoms with van der Waals surface area (Å²) in [6, 6.07) is 5.16. The molecule has 1 aromatic carbocycles. The Bertz CT molecular complexity index is 1090. The molecule has 3 fully saturated rings. The second-order valence-electron chi connectivity index (χ2n) is 9.68. The molecule has 0 aliphatic carbocycles. The zero-order valence-electron chi connectivity index (χ0n) is 17.9. The maximum absolute atomic E-state index is 13.0. The van der Waals surface area contributed by atoms with Gasteiger partial charge in [-0.05, 0) is 36.5 Å². The molecule has 0 bridgehead atoms. The van der Waals surface area contributed by atoms with Gasteiger partial charge in [0.2, 0.25) is 11.8 Å².